The Balaban J connectivity index is 2.03. The maximum atomic E-state index is 12.2. The fraction of sp³-hybridized carbons (Fsp3) is 0.720. The summed E-state index contributed by atoms with van der Waals surface area (Å²) in [4.78, 5) is 12.2. The molecular formula is C25H39BO5. The highest BCUT2D eigenvalue weighted by Gasteiger charge is 2.39. The average molecular weight is 430 g/mol. The molecule has 0 aliphatic carbocycles. The van der Waals surface area contributed by atoms with Crippen LogP contribution in [0.25, 0.3) is 0 Å². The number of hydrogen-bond acceptors (Lipinski definition) is 5. The summed E-state index contributed by atoms with van der Waals surface area (Å²) in [6.45, 7) is 9.82. The van der Waals surface area contributed by atoms with E-state index in [0.717, 1.165) is 37.2 Å². The van der Waals surface area contributed by atoms with Crippen LogP contribution >= 0.6 is 0 Å². The van der Waals surface area contributed by atoms with Gasteiger partial charge in [0.2, 0.25) is 0 Å². The number of ether oxygens (including phenoxy) is 4. The molecule has 0 saturated carbocycles. The second kappa shape index (κ2) is 12.4. The molecule has 1 fully saturated rings. The van der Waals surface area contributed by atoms with Gasteiger partial charge in [-0.2, -0.15) is 0 Å². The van der Waals surface area contributed by atoms with Gasteiger partial charge in [-0.3, -0.25) is 4.79 Å². The van der Waals surface area contributed by atoms with Gasteiger partial charge in [-0.15, -0.1) is 0 Å². The molecule has 1 aromatic carbocycles. The average Bonchev–Trinajstić information content (AvgIpc) is 3.13. The van der Waals surface area contributed by atoms with Crippen molar-refractivity contribution in [3.8, 4) is 11.5 Å². The first-order valence-electron chi connectivity index (χ1n) is 11.5. The molecule has 1 aromatic rings. The van der Waals surface area contributed by atoms with Gasteiger partial charge < -0.3 is 18.9 Å². The second-order valence-corrected chi connectivity index (χ2v) is 9.35. The highest BCUT2D eigenvalue weighted by Crippen LogP contribution is 2.38. The van der Waals surface area contributed by atoms with Crippen molar-refractivity contribution in [3.05, 3.63) is 23.8 Å². The number of benzene rings is 1. The molecule has 2 radical (unpaired) electrons. The number of hydrogen-bond donors (Lipinski definition) is 0. The molecule has 0 unspecified atom stereocenters. The topological polar surface area (TPSA) is 54.0 Å². The van der Waals surface area contributed by atoms with E-state index in [1.165, 1.54) is 5.56 Å². The van der Waals surface area contributed by atoms with Gasteiger partial charge in [-0.25, -0.2) is 0 Å². The van der Waals surface area contributed by atoms with Crippen LogP contribution in [0.2, 0.25) is 5.82 Å². The molecule has 1 aliphatic rings. The Morgan fingerprint density at radius 3 is 2.45 bits per heavy atom. The quantitative estimate of drug-likeness (QED) is 0.254. The number of cyclic esters (lactones) is 1. The van der Waals surface area contributed by atoms with Crippen LogP contribution in [-0.2, 0) is 20.7 Å². The number of rotatable bonds is 13. The zero-order valence-corrected chi connectivity index (χ0v) is 20.1. The Labute approximate surface area is 189 Å². The van der Waals surface area contributed by atoms with E-state index in [2.05, 4.69) is 39.8 Å². The highest BCUT2D eigenvalue weighted by atomic mass is 16.6. The smallest absolute Gasteiger partial charge is 0.309 e. The lowest BCUT2D eigenvalue weighted by molar-refractivity contribution is -0.145. The molecule has 1 heterocycles. The molecule has 172 valence electrons. The predicted octanol–water partition coefficient (Wildman–Crippen LogP) is 4.86. The monoisotopic (exact) mass is 430 g/mol. The van der Waals surface area contributed by atoms with E-state index in [9.17, 15) is 4.79 Å². The summed E-state index contributed by atoms with van der Waals surface area (Å²) in [5.74, 6) is 2.33. The van der Waals surface area contributed by atoms with Crippen LogP contribution in [0, 0.1) is 23.7 Å². The van der Waals surface area contributed by atoms with Gasteiger partial charge in [-0.05, 0) is 54.1 Å². The lowest BCUT2D eigenvalue weighted by atomic mass is 9.70. The van der Waals surface area contributed by atoms with Crippen molar-refractivity contribution in [1.29, 1.82) is 0 Å². The molecule has 0 amide bonds. The van der Waals surface area contributed by atoms with Crippen molar-refractivity contribution < 1.29 is 23.7 Å². The van der Waals surface area contributed by atoms with Gasteiger partial charge in [-0.1, -0.05) is 40.2 Å². The third-order valence-corrected chi connectivity index (χ3v) is 6.33. The first-order valence-corrected chi connectivity index (χ1v) is 11.5. The van der Waals surface area contributed by atoms with Gasteiger partial charge in [0, 0.05) is 20.1 Å². The molecular weight excluding hydrogens is 391 g/mol. The minimum absolute atomic E-state index is 0.0343. The maximum absolute atomic E-state index is 12.2. The molecule has 6 heteroatoms. The van der Waals surface area contributed by atoms with Crippen LogP contribution in [0.1, 0.15) is 52.5 Å². The Morgan fingerprint density at radius 1 is 1.13 bits per heavy atom. The summed E-state index contributed by atoms with van der Waals surface area (Å²) in [6.07, 6.45) is 3.07. The number of methoxy groups -OCH3 is 2. The van der Waals surface area contributed by atoms with Crippen LogP contribution in [0.3, 0.4) is 0 Å². The van der Waals surface area contributed by atoms with E-state index in [4.69, 9.17) is 26.8 Å². The number of esters is 1. The van der Waals surface area contributed by atoms with E-state index < -0.39 is 0 Å². The molecule has 31 heavy (non-hydrogen) atoms. The van der Waals surface area contributed by atoms with Gasteiger partial charge in [0.15, 0.2) is 11.5 Å². The SMILES string of the molecule is [B][C@H](C[C@H](Cc1ccc(OC)c(OCCCOC)c1)C(C)C)[C@@H]1C[C@@H](C(C)C)C(=O)O1. The van der Waals surface area contributed by atoms with Crippen LogP contribution in [-0.4, -0.2) is 47.4 Å². The van der Waals surface area contributed by atoms with E-state index >= 15 is 0 Å². The molecule has 0 bridgehead atoms. The summed E-state index contributed by atoms with van der Waals surface area (Å²) in [5, 5.41) is 0. The lowest BCUT2D eigenvalue weighted by Gasteiger charge is -2.27. The van der Waals surface area contributed by atoms with Crippen molar-refractivity contribution in [3.63, 3.8) is 0 Å². The second-order valence-electron chi connectivity index (χ2n) is 9.35. The zero-order chi connectivity index (χ0) is 23.0. The number of carbonyl (C=O) groups excluding carboxylic acids is 1. The first-order chi connectivity index (χ1) is 14.8. The van der Waals surface area contributed by atoms with Crippen LogP contribution in [0.4, 0.5) is 0 Å². The van der Waals surface area contributed by atoms with Crippen LogP contribution in [0.15, 0.2) is 18.2 Å². The Morgan fingerprint density at radius 2 is 1.87 bits per heavy atom. The predicted molar refractivity (Wildman–Crippen MR) is 124 cm³/mol. The lowest BCUT2D eigenvalue weighted by Crippen LogP contribution is -2.22. The molecule has 0 aromatic heterocycles. The molecule has 0 spiro atoms. The Hall–Kier alpha value is -1.69. The van der Waals surface area contributed by atoms with Crippen LogP contribution < -0.4 is 9.47 Å². The number of carbonyl (C=O) groups is 1. The maximum Gasteiger partial charge on any atom is 0.309 e. The Kier molecular flexibility index (Phi) is 10.2. The van der Waals surface area contributed by atoms with Gasteiger partial charge in [0.25, 0.3) is 0 Å². The first kappa shape index (κ1) is 25.6. The summed E-state index contributed by atoms with van der Waals surface area (Å²) < 4.78 is 22.1. The molecule has 2 rings (SSSR count). The van der Waals surface area contributed by atoms with Crippen LogP contribution in [0.5, 0.6) is 11.5 Å². The third-order valence-electron chi connectivity index (χ3n) is 6.33. The standard InChI is InChI=1S/C25H39BO5/c1-16(2)19(14-21(26)23-15-20(17(3)4)25(27)31-23)12-18-8-9-22(29-6)24(13-18)30-11-7-10-28-5/h8-9,13,16-17,19-21,23H,7,10-12,14-15H2,1-6H3/t19-,20-,21+,23-/m0/s1. The van der Waals surface area contributed by atoms with Crippen molar-refractivity contribution in [1.82, 2.24) is 0 Å². The molecule has 0 N–H and O–H groups in total. The van der Waals surface area contributed by atoms with Crippen molar-refractivity contribution in [2.75, 3.05) is 27.4 Å². The van der Waals surface area contributed by atoms with Crippen molar-refractivity contribution >= 4 is 13.8 Å². The van der Waals surface area contributed by atoms with Gasteiger partial charge in [0.1, 0.15) is 0 Å². The molecule has 1 aliphatic heterocycles. The van der Waals surface area contributed by atoms with E-state index in [1.807, 2.05) is 6.07 Å². The largest absolute Gasteiger partial charge is 0.493 e. The van der Waals surface area contributed by atoms with E-state index in [0.29, 0.717) is 25.0 Å². The van der Waals surface area contributed by atoms with E-state index in [1.54, 1.807) is 14.2 Å². The summed E-state index contributed by atoms with van der Waals surface area (Å²) in [6, 6.07) is 6.12. The summed E-state index contributed by atoms with van der Waals surface area (Å²) >= 11 is 0. The zero-order valence-electron chi connectivity index (χ0n) is 20.1. The molecule has 5 nitrogen and oxygen atoms in total. The normalized spacial score (nSPS) is 20.7. The van der Waals surface area contributed by atoms with E-state index in [-0.39, 0.29) is 29.7 Å². The summed E-state index contributed by atoms with van der Waals surface area (Å²) in [7, 11) is 9.87. The molecule has 1 saturated heterocycles. The fourth-order valence-corrected chi connectivity index (χ4v) is 4.18. The van der Waals surface area contributed by atoms with Crippen molar-refractivity contribution in [2.24, 2.45) is 23.7 Å². The fourth-order valence-electron chi connectivity index (χ4n) is 4.18. The minimum Gasteiger partial charge on any atom is -0.493 e. The van der Waals surface area contributed by atoms with Gasteiger partial charge in [0.05, 0.1) is 33.6 Å². The van der Waals surface area contributed by atoms with Gasteiger partial charge >= 0.3 is 5.97 Å². The third kappa shape index (κ3) is 7.45. The highest BCUT2D eigenvalue weighted by molar-refractivity contribution is 6.12. The minimum atomic E-state index is -0.184. The van der Waals surface area contributed by atoms with Crippen molar-refractivity contribution in [2.45, 2.75) is 65.3 Å². The summed E-state index contributed by atoms with van der Waals surface area (Å²) in [5.41, 5.74) is 1.19. The molecule has 4 atom stereocenters. The Bertz CT molecular complexity index is 690.